The van der Waals surface area contributed by atoms with E-state index >= 15 is 0 Å². The van der Waals surface area contributed by atoms with Crippen LogP contribution < -0.4 is 0 Å². The van der Waals surface area contributed by atoms with Gasteiger partial charge >= 0.3 is 5.97 Å². The van der Waals surface area contributed by atoms with Gasteiger partial charge in [-0.2, -0.15) is 0 Å². The van der Waals surface area contributed by atoms with E-state index in [9.17, 15) is 0 Å². The van der Waals surface area contributed by atoms with Crippen LogP contribution in [-0.4, -0.2) is 40.4 Å². The van der Waals surface area contributed by atoms with E-state index in [0.717, 1.165) is 13.1 Å². The highest BCUT2D eigenvalue weighted by atomic mass is 16.5. The molecule has 4 nitrogen and oxygen atoms in total. The van der Waals surface area contributed by atoms with Crippen LogP contribution in [0, 0.1) is 0 Å². The summed E-state index contributed by atoms with van der Waals surface area (Å²) in [5.74, 6) is -0.561. The van der Waals surface area contributed by atoms with Gasteiger partial charge in [0.2, 0.25) is 0 Å². The Labute approximate surface area is 89.8 Å². The van der Waals surface area contributed by atoms with Crippen molar-refractivity contribution in [2.24, 2.45) is 0 Å². The quantitative estimate of drug-likeness (QED) is 0.427. The number of aliphatic hydroxyl groups excluding tert-OH is 1. The van der Waals surface area contributed by atoms with Crippen molar-refractivity contribution in [2.45, 2.75) is 19.3 Å². The van der Waals surface area contributed by atoms with Gasteiger partial charge < -0.3 is 14.6 Å². The standard InChI is InChI=1S/C11H17NO3/c1-9(15-10(2)11(13)14)8-12-6-4-3-5-7-12/h1-8H2,(H,13,14)/p+1. The van der Waals surface area contributed by atoms with Gasteiger partial charge in [0.1, 0.15) is 5.76 Å². The fraction of sp³-hybridized carbons (Fsp3) is 0.545. The third-order valence-electron chi connectivity index (χ3n) is 2.37. The van der Waals surface area contributed by atoms with Gasteiger partial charge in [-0.1, -0.05) is 13.0 Å². The van der Waals surface area contributed by atoms with Gasteiger partial charge in [0.05, 0.1) is 6.54 Å². The van der Waals surface area contributed by atoms with Crippen LogP contribution in [0.2, 0.25) is 0 Å². The van der Waals surface area contributed by atoms with Crippen LogP contribution in [0.15, 0.2) is 24.7 Å². The highest BCUT2D eigenvalue weighted by molar-refractivity contribution is 5.84. The lowest BCUT2D eigenvalue weighted by molar-refractivity contribution is 0.198. The van der Waals surface area contributed by atoms with Gasteiger partial charge in [0.25, 0.3) is 5.76 Å². The molecule has 0 aromatic rings. The van der Waals surface area contributed by atoms with Crippen molar-refractivity contribution in [3.63, 3.8) is 0 Å². The average molecular weight is 212 g/mol. The number of piperidine rings is 1. The van der Waals surface area contributed by atoms with Crippen molar-refractivity contribution in [1.82, 2.24) is 4.90 Å². The van der Waals surface area contributed by atoms with Gasteiger partial charge in [-0.25, -0.2) is 0 Å². The minimum absolute atomic E-state index is 0.156. The molecule has 1 rings (SSSR count). The predicted molar refractivity (Wildman–Crippen MR) is 59.2 cm³/mol. The van der Waals surface area contributed by atoms with Crippen LogP contribution in [0.25, 0.3) is 0 Å². The van der Waals surface area contributed by atoms with Gasteiger partial charge in [-0.15, -0.1) is 0 Å². The molecule has 1 aliphatic rings. The Hall–Kier alpha value is -1.29. The highest BCUT2D eigenvalue weighted by Crippen LogP contribution is 2.11. The van der Waals surface area contributed by atoms with E-state index in [0.29, 0.717) is 12.3 Å². The van der Waals surface area contributed by atoms with E-state index < -0.39 is 5.97 Å². The normalized spacial score (nSPS) is 17.1. The number of hydrogen-bond acceptors (Lipinski definition) is 2. The summed E-state index contributed by atoms with van der Waals surface area (Å²) in [5, 5.41) is 8.67. The minimum Gasteiger partial charge on any atom is -0.449 e. The second kappa shape index (κ2) is 5.56. The van der Waals surface area contributed by atoms with Gasteiger partial charge in [0.15, 0.2) is 0 Å². The van der Waals surface area contributed by atoms with E-state index in [1.165, 1.54) is 19.3 Å². The third-order valence-corrected chi connectivity index (χ3v) is 2.37. The molecule has 4 heteroatoms. The maximum absolute atomic E-state index is 8.67. The minimum atomic E-state index is -0.894. The molecule has 0 aromatic carbocycles. The molecule has 1 aliphatic heterocycles. The number of hydrogen-bond donors (Lipinski definition) is 1. The van der Waals surface area contributed by atoms with E-state index in [4.69, 9.17) is 14.6 Å². The fourth-order valence-electron chi connectivity index (χ4n) is 1.62. The summed E-state index contributed by atoms with van der Waals surface area (Å²) in [4.78, 5) is 10.9. The van der Waals surface area contributed by atoms with E-state index in [1.807, 2.05) is 0 Å². The topological polar surface area (TPSA) is 54.1 Å². The summed E-state index contributed by atoms with van der Waals surface area (Å²) >= 11 is 0. The lowest BCUT2D eigenvalue weighted by Crippen LogP contribution is -2.31. The Balaban J connectivity index is 2.28. The summed E-state index contributed by atoms with van der Waals surface area (Å²) in [7, 11) is 0. The number of carboxylic acids is 1. The van der Waals surface area contributed by atoms with Crippen molar-refractivity contribution in [3.05, 3.63) is 24.7 Å². The number of aliphatic carboxylic acids is 1. The van der Waals surface area contributed by atoms with Gasteiger partial charge in [0, 0.05) is 0 Å². The largest absolute Gasteiger partial charge is 0.551 e. The first-order valence-electron chi connectivity index (χ1n) is 5.11. The summed E-state index contributed by atoms with van der Waals surface area (Å²) in [5.41, 5.74) is 0. The van der Waals surface area contributed by atoms with E-state index in [-0.39, 0.29) is 5.76 Å². The molecule has 0 spiro atoms. The molecule has 0 radical (unpaired) electrons. The number of nitrogens with zero attached hydrogens (tertiary/aromatic N) is 1. The molecule has 1 heterocycles. The first-order valence-corrected chi connectivity index (χ1v) is 5.11. The zero-order valence-electron chi connectivity index (χ0n) is 8.91. The Morgan fingerprint density at radius 3 is 2.40 bits per heavy atom. The number of carboxylic acid groups (broad SMARTS) is 1. The third kappa shape index (κ3) is 4.16. The van der Waals surface area contributed by atoms with E-state index in [2.05, 4.69) is 18.1 Å². The van der Waals surface area contributed by atoms with Crippen LogP contribution in [0.3, 0.4) is 0 Å². The molecule has 0 atom stereocenters. The van der Waals surface area contributed by atoms with Gasteiger partial charge in [-0.05, 0) is 32.5 Å². The molecule has 0 amide bonds. The maximum atomic E-state index is 8.67. The number of rotatable bonds is 5. The molecule has 2 N–H and O–H groups in total. The summed E-state index contributed by atoms with van der Waals surface area (Å²) in [6, 6.07) is 0. The van der Waals surface area contributed by atoms with Crippen molar-refractivity contribution >= 4 is 5.97 Å². The highest BCUT2D eigenvalue weighted by Gasteiger charge is 2.16. The van der Waals surface area contributed by atoms with E-state index in [1.54, 1.807) is 0 Å². The van der Waals surface area contributed by atoms with Crippen molar-refractivity contribution in [2.75, 3.05) is 19.6 Å². The van der Waals surface area contributed by atoms with Crippen LogP contribution >= 0.6 is 0 Å². The van der Waals surface area contributed by atoms with Crippen LogP contribution in [0.5, 0.6) is 0 Å². The summed E-state index contributed by atoms with van der Waals surface area (Å²) in [6.45, 7) is 9.77. The second-order valence-electron chi connectivity index (χ2n) is 3.72. The second-order valence-corrected chi connectivity index (χ2v) is 3.72. The Morgan fingerprint density at radius 1 is 1.27 bits per heavy atom. The van der Waals surface area contributed by atoms with Crippen molar-refractivity contribution in [1.29, 1.82) is 0 Å². The summed E-state index contributed by atoms with van der Waals surface area (Å²) < 4.78 is 5.05. The molecular formula is C11H18NO3+. The maximum Gasteiger partial charge on any atom is 0.551 e. The van der Waals surface area contributed by atoms with Crippen LogP contribution in [0.1, 0.15) is 19.3 Å². The van der Waals surface area contributed by atoms with Crippen LogP contribution in [0.4, 0.5) is 0 Å². The Morgan fingerprint density at radius 2 is 1.87 bits per heavy atom. The lowest BCUT2D eigenvalue weighted by atomic mass is 10.1. The molecule has 0 bridgehead atoms. The average Bonchev–Trinajstić information content (AvgIpc) is 2.18. The molecule has 0 unspecified atom stereocenters. The van der Waals surface area contributed by atoms with Gasteiger partial charge in [-0.3, -0.25) is 4.90 Å². The monoisotopic (exact) mass is 212 g/mol. The molecule has 0 saturated carbocycles. The summed E-state index contributed by atoms with van der Waals surface area (Å²) in [6.07, 6.45) is 3.68. The molecular weight excluding hydrogens is 194 g/mol. The zero-order chi connectivity index (χ0) is 11.3. The first-order chi connectivity index (χ1) is 7.09. The fourth-order valence-corrected chi connectivity index (χ4v) is 1.62. The Kier molecular flexibility index (Phi) is 4.37. The van der Waals surface area contributed by atoms with Crippen molar-refractivity contribution < 1.29 is 14.6 Å². The SMILES string of the molecule is C=C(CN1CCCCC1)OC(=C)C(O)=[OH+]. The molecule has 15 heavy (non-hydrogen) atoms. The molecule has 1 saturated heterocycles. The van der Waals surface area contributed by atoms with Crippen LogP contribution in [-0.2, 0) is 4.74 Å². The smallest absolute Gasteiger partial charge is 0.449 e. The predicted octanol–water partition coefficient (Wildman–Crippen LogP) is 1.58. The molecule has 0 aromatic heterocycles. The van der Waals surface area contributed by atoms with Crippen molar-refractivity contribution in [3.8, 4) is 0 Å². The number of likely N-dealkylation sites (tertiary alicyclic amines) is 1. The molecule has 0 aliphatic carbocycles. The molecule has 84 valence electrons. The molecule has 1 fully saturated rings. The Bertz CT molecular complexity index is 267. The number of ether oxygens (including phenoxy) is 1. The lowest BCUT2D eigenvalue weighted by Gasteiger charge is -2.26. The zero-order valence-corrected chi connectivity index (χ0v) is 8.91. The first kappa shape index (κ1) is 11.8.